The highest BCUT2D eigenvalue weighted by molar-refractivity contribution is 6.07. The first kappa shape index (κ1) is 19.2. The van der Waals surface area contributed by atoms with Crippen molar-refractivity contribution in [2.45, 2.75) is 44.9 Å². The standard InChI is InChI=1S/C23H24N2O4/c1-15-19(17-12-8-5-9-13-17)24-29-20(15)21(26)25-18(23(2,3)28-22(25)27)14-16-10-6-4-7-11-16/h4-13,15,18,20H,14H2,1-3H3/t15?,18-,20-/m0/s1. The van der Waals surface area contributed by atoms with Crippen LogP contribution in [0.25, 0.3) is 0 Å². The maximum absolute atomic E-state index is 13.4. The quantitative estimate of drug-likeness (QED) is 0.794. The average molecular weight is 392 g/mol. The normalized spacial score (nSPS) is 25.3. The van der Waals surface area contributed by atoms with Crippen molar-refractivity contribution in [3.8, 4) is 0 Å². The van der Waals surface area contributed by atoms with Gasteiger partial charge >= 0.3 is 6.09 Å². The third-order valence-electron chi connectivity index (χ3n) is 5.63. The number of hydrogen-bond acceptors (Lipinski definition) is 5. The van der Waals surface area contributed by atoms with Crippen LogP contribution < -0.4 is 0 Å². The Bertz CT molecular complexity index is 940. The summed E-state index contributed by atoms with van der Waals surface area (Å²) in [7, 11) is 0. The minimum Gasteiger partial charge on any atom is -0.441 e. The molecule has 6 heteroatoms. The van der Waals surface area contributed by atoms with Gasteiger partial charge in [-0.3, -0.25) is 4.79 Å². The number of hydrogen-bond donors (Lipinski definition) is 0. The minimum atomic E-state index is -0.857. The predicted octanol–water partition coefficient (Wildman–Crippen LogP) is 3.79. The van der Waals surface area contributed by atoms with Gasteiger partial charge in [-0.15, -0.1) is 0 Å². The van der Waals surface area contributed by atoms with Crippen LogP contribution in [0.3, 0.4) is 0 Å². The first-order valence-corrected chi connectivity index (χ1v) is 9.77. The van der Waals surface area contributed by atoms with Crippen LogP contribution in [0.2, 0.25) is 0 Å². The van der Waals surface area contributed by atoms with Crippen LogP contribution in [-0.2, 0) is 20.8 Å². The fraction of sp³-hybridized carbons (Fsp3) is 0.348. The molecule has 1 unspecified atom stereocenters. The predicted molar refractivity (Wildman–Crippen MR) is 108 cm³/mol. The largest absolute Gasteiger partial charge is 0.441 e. The fourth-order valence-corrected chi connectivity index (χ4v) is 3.95. The van der Waals surface area contributed by atoms with Crippen LogP contribution >= 0.6 is 0 Å². The molecule has 2 aliphatic rings. The summed E-state index contributed by atoms with van der Waals surface area (Å²) in [6.07, 6.45) is -0.978. The number of carbonyl (C=O) groups excluding carboxylic acids is 2. The molecule has 2 amide bonds. The molecule has 0 bridgehead atoms. The van der Waals surface area contributed by atoms with Gasteiger partial charge in [-0.1, -0.05) is 72.7 Å². The van der Waals surface area contributed by atoms with Gasteiger partial charge in [0.2, 0.25) is 6.10 Å². The zero-order valence-corrected chi connectivity index (χ0v) is 16.7. The summed E-state index contributed by atoms with van der Waals surface area (Å²) in [6, 6.07) is 18.9. The highest BCUT2D eigenvalue weighted by atomic mass is 16.7. The van der Waals surface area contributed by atoms with Gasteiger partial charge in [0.1, 0.15) is 5.60 Å². The molecule has 3 atom stereocenters. The van der Waals surface area contributed by atoms with E-state index in [-0.39, 0.29) is 5.92 Å². The molecule has 6 nitrogen and oxygen atoms in total. The molecule has 0 aromatic heterocycles. The maximum Gasteiger partial charge on any atom is 0.417 e. The van der Waals surface area contributed by atoms with Gasteiger partial charge in [0.05, 0.1) is 17.7 Å². The Morgan fingerprint density at radius 3 is 2.34 bits per heavy atom. The number of nitrogens with zero attached hydrogens (tertiary/aromatic N) is 2. The van der Waals surface area contributed by atoms with Crippen molar-refractivity contribution in [2.24, 2.45) is 11.1 Å². The molecule has 2 aliphatic heterocycles. The van der Waals surface area contributed by atoms with E-state index in [1.165, 1.54) is 4.90 Å². The summed E-state index contributed by atoms with van der Waals surface area (Å²) in [5.74, 6) is -0.692. The van der Waals surface area contributed by atoms with Crippen LogP contribution in [0.5, 0.6) is 0 Å². The van der Waals surface area contributed by atoms with E-state index in [1.807, 2.05) is 81.4 Å². The first-order chi connectivity index (χ1) is 13.9. The Balaban J connectivity index is 1.57. The second-order valence-corrected chi connectivity index (χ2v) is 8.04. The van der Waals surface area contributed by atoms with Crippen molar-refractivity contribution in [1.82, 2.24) is 4.90 Å². The lowest BCUT2D eigenvalue weighted by atomic mass is 9.90. The van der Waals surface area contributed by atoms with Gasteiger partial charge in [-0.2, -0.15) is 0 Å². The summed E-state index contributed by atoms with van der Waals surface area (Å²) in [4.78, 5) is 32.7. The van der Waals surface area contributed by atoms with E-state index in [9.17, 15) is 9.59 Å². The molecule has 0 radical (unpaired) electrons. The molecule has 0 saturated carbocycles. The molecule has 2 aromatic rings. The van der Waals surface area contributed by atoms with Crippen molar-refractivity contribution >= 4 is 17.7 Å². The number of cyclic esters (lactones) is 1. The second kappa shape index (κ2) is 7.35. The number of carbonyl (C=O) groups is 2. The molecular weight excluding hydrogens is 368 g/mol. The average Bonchev–Trinajstić information content (AvgIpc) is 3.19. The molecular formula is C23H24N2O4. The maximum atomic E-state index is 13.4. The zero-order valence-electron chi connectivity index (χ0n) is 16.7. The molecule has 2 heterocycles. The number of imide groups is 1. The lowest BCUT2D eigenvalue weighted by molar-refractivity contribution is -0.142. The van der Waals surface area contributed by atoms with E-state index in [2.05, 4.69) is 5.16 Å². The van der Waals surface area contributed by atoms with Gasteiger partial charge < -0.3 is 9.57 Å². The Hall–Kier alpha value is -3.15. The van der Waals surface area contributed by atoms with Gasteiger partial charge in [0, 0.05) is 0 Å². The Labute approximate surface area is 170 Å². The highest BCUT2D eigenvalue weighted by Gasteiger charge is 2.54. The summed E-state index contributed by atoms with van der Waals surface area (Å²) in [6.45, 7) is 5.55. The first-order valence-electron chi connectivity index (χ1n) is 9.77. The smallest absolute Gasteiger partial charge is 0.417 e. The molecule has 1 saturated heterocycles. The van der Waals surface area contributed by atoms with Crippen LogP contribution in [-0.4, -0.2) is 40.4 Å². The van der Waals surface area contributed by atoms with E-state index >= 15 is 0 Å². The van der Waals surface area contributed by atoms with Crippen molar-refractivity contribution < 1.29 is 19.2 Å². The lowest BCUT2D eigenvalue weighted by Crippen LogP contribution is -2.51. The van der Waals surface area contributed by atoms with Gasteiger partial charge in [0.25, 0.3) is 5.91 Å². The summed E-state index contributed by atoms with van der Waals surface area (Å²) in [5, 5.41) is 4.15. The molecule has 1 fully saturated rings. The summed E-state index contributed by atoms with van der Waals surface area (Å²) >= 11 is 0. The molecule has 29 heavy (non-hydrogen) atoms. The molecule has 0 N–H and O–H groups in total. The van der Waals surface area contributed by atoms with E-state index < -0.39 is 29.7 Å². The number of rotatable bonds is 4. The van der Waals surface area contributed by atoms with Crippen molar-refractivity contribution in [3.63, 3.8) is 0 Å². The Morgan fingerprint density at radius 1 is 1.07 bits per heavy atom. The van der Waals surface area contributed by atoms with Crippen molar-refractivity contribution in [3.05, 3.63) is 71.8 Å². The molecule has 2 aromatic carbocycles. The SMILES string of the molecule is CC1C(c2ccccc2)=NO[C@@H]1C(=O)N1C(=O)OC(C)(C)[C@@H]1Cc1ccccc1. The van der Waals surface area contributed by atoms with E-state index in [0.29, 0.717) is 12.1 Å². The lowest BCUT2D eigenvalue weighted by Gasteiger charge is -2.29. The topological polar surface area (TPSA) is 68.2 Å². The number of amides is 2. The van der Waals surface area contributed by atoms with Crippen LogP contribution in [0.4, 0.5) is 4.79 Å². The van der Waals surface area contributed by atoms with Crippen LogP contribution in [0.1, 0.15) is 31.9 Å². The molecule has 0 spiro atoms. The van der Waals surface area contributed by atoms with Crippen molar-refractivity contribution in [2.75, 3.05) is 0 Å². The van der Waals surface area contributed by atoms with Crippen LogP contribution in [0.15, 0.2) is 65.8 Å². The molecule has 150 valence electrons. The number of benzene rings is 2. The number of ether oxygens (including phenoxy) is 1. The van der Waals surface area contributed by atoms with Gasteiger partial charge in [-0.05, 0) is 31.4 Å². The monoisotopic (exact) mass is 392 g/mol. The fourth-order valence-electron chi connectivity index (χ4n) is 3.95. The zero-order chi connectivity index (χ0) is 20.6. The van der Waals surface area contributed by atoms with E-state index in [0.717, 1.165) is 11.1 Å². The van der Waals surface area contributed by atoms with Crippen LogP contribution in [0, 0.1) is 5.92 Å². The van der Waals surface area contributed by atoms with E-state index in [4.69, 9.17) is 9.57 Å². The van der Waals surface area contributed by atoms with Crippen molar-refractivity contribution in [1.29, 1.82) is 0 Å². The third kappa shape index (κ3) is 3.50. The minimum absolute atomic E-state index is 0.279. The Morgan fingerprint density at radius 2 is 1.69 bits per heavy atom. The summed E-state index contributed by atoms with van der Waals surface area (Å²) in [5.41, 5.74) is 1.84. The second-order valence-electron chi connectivity index (χ2n) is 8.04. The third-order valence-corrected chi connectivity index (χ3v) is 5.63. The summed E-state index contributed by atoms with van der Waals surface area (Å²) < 4.78 is 5.55. The highest BCUT2D eigenvalue weighted by Crippen LogP contribution is 2.34. The number of oxime groups is 1. The van der Waals surface area contributed by atoms with E-state index in [1.54, 1.807) is 0 Å². The molecule has 4 rings (SSSR count). The van der Waals surface area contributed by atoms with Gasteiger partial charge in [-0.25, -0.2) is 9.69 Å². The molecule has 0 aliphatic carbocycles. The Kier molecular flexibility index (Phi) is 4.86. The van der Waals surface area contributed by atoms with Gasteiger partial charge in [0.15, 0.2) is 0 Å².